The van der Waals surface area contributed by atoms with Gasteiger partial charge >= 0.3 is 5.97 Å². The number of nitrogens with two attached hydrogens (primary N) is 1. The fourth-order valence-electron chi connectivity index (χ4n) is 5.66. The summed E-state index contributed by atoms with van der Waals surface area (Å²) >= 11 is 2.52. The lowest BCUT2D eigenvalue weighted by atomic mass is 9.90. The molecule has 0 radical (unpaired) electrons. The molecule has 2 aromatic heterocycles. The highest BCUT2D eigenvalue weighted by atomic mass is 32.2. The number of fused-ring (bicyclic) bond motifs is 1. The number of aryl methyl sites for hydroxylation is 1. The number of oxime groups is 1. The Bertz CT molecular complexity index is 1840. The zero-order valence-electron chi connectivity index (χ0n) is 25.3. The SMILES string of the molecule is C=CC1=C(C(=O)OC(c2ccccc2)c2ccccc2)N2C(=O)C(NC(=O)C(ON=C)(c3ccc[n+](C)c3)c3csc(N)n3)[C@H]2SC1. The van der Waals surface area contributed by atoms with Crippen molar-refractivity contribution in [2.75, 3.05) is 11.5 Å². The number of thiazole rings is 1. The summed E-state index contributed by atoms with van der Waals surface area (Å²) in [7, 11) is 1.79. The van der Waals surface area contributed by atoms with E-state index in [-0.39, 0.29) is 16.5 Å². The van der Waals surface area contributed by atoms with Crippen molar-refractivity contribution < 1.29 is 28.5 Å². The Hall–Kier alpha value is -5.27. The maximum atomic E-state index is 14.3. The van der Waals surface area contributed by atoms with E-state index in [0.717, 1.165) is 22.5 Å². The Kier molecular flexibility index (Phi) is 8.92. The molecule has 2 aliphatic heterocycles. The quantitative estimate of drug-likeness (QED) is 0.0814. The van der Waals surface area contributed by atoms with Gasteiger partial charge < -0.3 is 20.6 Å². The Morgan fingerprint density at radius 1 is 1.15 bits per heavy atom. The molecule has 0 bridgehead atoms. The van der Waals surface area contributed by atoms with Crippen LogP contribution in [0.4, 0.5) is 5.13 Å². The number of rotatable bonds is 11. The summed E-state index contributed by atoms with van der Waals surface area (Å²) in [5, 5.41) is 7.69. The van der Waals surface area contributed by atoms with Crippen LogP contribution in [0.25, 0.3) is 0 Å². The van der Waals surface area contributed by atoms with E-state index in [9.17, 15) is 14.4 Å². The molecular weight excluding hydrogens is 637 g/mol. The minimum absolute atomic E-state index is 0.0914. The van der Waals surface area contributed by atoms with Crippen molar-refractivity contribution in [2.45, 2.75) is 23.1 Å². The van der Waals surface area contributed by atoms with E-state index < -0.39 is 40.9 Å². The maximum Gasteiger partial charge on any atom is 0.356 e. The highest BCUT2D eigenvalue weighted by Crippen LogP contribution is 2.43. The summed E-state index contributed by atoms with van der Waals surface area (Å²) in [4.78, 5) is 53.6. The summed E-state index contributed by atoms with van der Waals surface area (Å²) in [6, 6.07) is 21.2. The first-order valence-electron chi connectivity index (χ1n) is 14.5. The molecule has 13 heteroatoms. The monoisotopic (exact) mass is 667 g/mol. The molecule has 6 rings (SSSR count). The average Bonchev–Trinajstić information content (AvgIpc) is 3.54. The van der Waals surface area contributed by atoms with E-state index in [4.69, 9.17) is 15.3 Å². The largest absolute Gasteiger partial charge is 0.448 e. The van der Waals surface area contributed by atoms with Crippen molar-refractivity contribution in [3.63, 3.8) is 0 Å². The number of ether oxygens (including phenoxy) is 1. The van der Waals surface area contributed by atoms with Crippen molar-refractivity contribution in [1.82, 2.24) is 15.2 Å². The van der Waals surface area contributed by atoms with Gasteiger partial charge in [-0.25, -0.2) is 14.3 Å². The van der Waals surface area contributed by atoms with Crippen LogP contribution in [0, 0.1) is 0 Å². The van der Waals surface area contributed by atoms with Crippen LogP contribution in [0.3, 0.4) is 0 Å². The lowest BCUT2D eigenvalue weighted by Crippen LogP contribution is -2.72. The number of hydrogen-bond acceptors (Lipinski definition) is 10. The van der Waals surface area contributed by atoms with Crippen LogP contribution in [-0.4, -0.2) is 51.6 Å². The number of carbonyl (C=O) groups is 3. The van der Waals surface area contributed by atoms with Crippen molar-refractivity contribution in [1.29, 1.82) is 0 Å². The molecule has 2 unspecified atom stereocenters. The molecule has 1 saturated heterocycles. The first-order valence-corrected chi connectivity index (χ1v) is 16.4. The van der Waals surface area contributed by atoms with Crippen LogP contribution >= 0.6 is 23.1 Å². The zero-order chi connectivity index (χ0) is 33.1. The second-order valence-electron chi connectivity index (χ2n) is 10.8. The molecule has 0 aliphatic carbocycles. The number of nitrogens with zero attached hydrogens (tertiary/aromatic N) is 4. The highest BCUT2D eigenvalue weighted by Gasteiger charge is 2.58. The number of benzene rings is 2. The van der Waals surface area contributed by atoms with Crippen molar-refractivity contribution in [3.8, 4) is 0 Å². The first-order chi connectivity index (χ1) is 22.8. The van der Waals surface area contributed by atoms with E-state index >= 15 is 0 Å². The number of esters is 1. The van der Waals surface area contributed by atoms with Crippen molar-refractivity contribution in [2.24, 2.45) is 12.2 Å². The standard InChI is InChI=1S/C34H30N6O5S2/c1-4-21-19-46-30-26(38-32(43)34(45-36-2,25-20-47-33(35)37-25)24-16-11-17-39(3)18-24)29(41)40(30)27(21)31(42)44-28(22-12-7-5-8-13-22)23-14-9-6-10-15-23/h4-18,20,26,28,30H,1-2,19H2,3H3,(H2-,35,37,38,43)/p+1/t26?,30-,34?/m1/s1. The number of β-lactam (4-membered cyclic amide) rings is 1. The molecule has 0 saturated carbocycles. The number of aromatic nitrogens is 2. The molecule has 3 atom stereocenters. The van der Waals surface area contributed by atoms with Gasteiger partial charge in [-0.15, -0.1) is 28.3 Å². The fraction of sp³-hybridized carbons (Fsp3) is 0.176. The first kappa shape index (κ1) is 31.7. The number of nitrogens with one attached hydrogen (secondary N) is 1. The predicted octanol–water partition coefficient (Wildman–Crippen LogP) is 3.60. The minimum atomic E-state index is -1.91. The zero-order valence-corrected chi connectivity index (χ0v) is 26.9. The second-order valence-corrected chi connectivity index (χ2v) is 12.8. The summed E-state index contributed by atoms with van der Waals surface area (Å²) < 4.78 is 7.87. The number of pyridine rings is 1. The third kappa shape index (κ3) is 5.79. The van der Waals surface area contributed by atoms with Gasteiger partial charge in [0.2, 0.25) is 0 Å². The fourth-order valence-corrected chi connectivity index (χ4v) is 7.60. The predicted molar refractivity (Wildman–Crippen MR) is 179 cm³/mol. The normalized spacial score (nSPS) is 18.4. The lowest BCUT2D eigenvalue weighted by Gasteiger charge is -2.50. The molecule has 4 heterocycles. The molecule has 2 aliphatic rings. The van der Waals surface area contributed by atoms with Crippen LogP contribution in [0.1, 0.15) is 28.5 Å². The molecule has 2 amide bonds. The third-order valence-electron chi connectivity index (χ3n) is 7.90. The van der Waals surface area contributed by atoms with Gasteiger partial charge in [0.15, 0.2) is 23.6 Å². The average molecular weight is 668 g/mol. The van der Waals surface area contributed by atoms with Gasteiger partial charge in [0.25, 0.3) is 17.4 Å². The highest BCUT2D eigenvalue weighted by molar-refractivity contribution is 8.00. The molecule has 3 N–H and O–H groups in total. The minimum Gasteiger partial charge on any atom is -0.448 e. The number of amides is 2. The topological polar surface area (TPSA) is 140 Å². The van der Waals surface area contributed by atoms with Crippen LogP contribution in [0.2, 0.25) is 0 Å². The summed E-state index contributed by atoms with van der Waals surface area (Å²) in [5.74, 6) is -1.50. The number of allylic oxidation sites excluding steroid dienone is 1. The Morgan fingerprint density at radius 2 is 1.83 bits per heavy atom. The van der Waals surface area contributed by atoms with Gasteiger partial charge in [-0.3, -0.25) is 14.5 Å². The van der Waals surface area contributed by atoms with Gasteiger partial charge in [-0.1, -0.05) is 73.3 Å². The van der Waals surface area contributed by atoms with Crippen LogP contribution in [-0.2, 0) is 36.6 Å². The smallest absolute Gasteiger partial charge is 0.356 e. The van der Waals surface area contributed by atoms with E-state index in [1.807, 2.05) is 60.7 Å². The van der Waals surface area contributed by atoms with Gasteiger partial charge in [0, 0.05) is 23.9 Å². The van der Waals surface area contributed by atoms with Crippen LogP contribution in [0.5, 0.6) is 0 Å². The molecule has 47 heavy (non-hydrogen) atoms. The van der Waals surface area contributed by atoms with Gasteiger partial charge in [-0.2, -0.15) is 0 Å². The molecular formula is C34H31N6O5S2+. The second kappa shape index (κ2) is 13.2. The number of carbonyl (C=O) groups excluding carboxylic acids is 3. The van der Waals surface area contributed by atoms with Crippen LogP contribution < -0.4 is 15.6 Å². The number of thioether (sulfide) groups is 1. The third-order valence-corrected chi connectivity index (χ3v) is 9.88. The summed E-state index contributed by atoms with van der Waals surface area (Å²) in [5.41, 5.74) is 6.82. The number of hydrogen-bond donors (Lipinski definition) is 2. The van der Waals surface area contributed by atoms with Gasteiger partial charge in [0.1, 0.15) is 29.9 Å². The van der Waals surface area contributed by atoms with Crippen molar-refractivity contribution in [3.05, 3.63) is 137 Å². The number of anilines is 1. The van der Waals surface area contributed by atoms with Gasteiger partial charge in [0.05, 0.1) is 5.56 Å². The Labute approximate surface area is 279 Å². The van der Waals surface area contributed by atoms with E-state index in [2.05, 4.69) is 28.8 Å². The Morgan fingerprint density at radius 3 is 2.40 bits per heavy atom. The van der Waals surface area contributed by atoms with E-state index in [0.29, 0.717) is 16.9 Å². The number of nitrogen functional groups attached to an aromatic ring is 1. The molecule has 1 fully saturated rings. The van der Waals surface area contributed by atoms with E-state index in [1.54, 1.807) is 47.6 Å². The summed E-state index contributed by atoms with van der Waals surface area (Å²) in [6.07, 6.45) is 4.31. The summed E-state index contributed by atoms with van der Waals surface area (Å²) in [6.45, 7) is 7.34. The van der Waals surface area contributed by atoms with E-state index in [1.165, 1.54) is 16.7 Å². The molecule has 2 aromatic carbocycles. The van der Waals surface area contributed by atoms with Gasteiger partial charge in [-0.05, 0) is 22.8 Å². The molecule has 4 aromatic rings. The molecule has 0 spiro atoms. The van der Waals surface area contributed by atoms with Crippen molar-refractivity contribution >= 4 is 52.7 Å². The Balaban J connectivity index is 1.30. The van der Waals surface area contributed by atoms with Crippen LogP contribution in [0.15, 0.2) is 120 Å². The molecule has 238 valence electrons. The maximum absolute atomic E-state index is 14.3. The molecule has 11 nitrogen and oxygen atoms in total. The lowest BCUT2D eigenvalue weighted by molar-refractivity contribution is -0.672.